The van der Waals surface area contributed by atoms with E-state index < -0.39 is 0 Å². The SMILES string of the molecule is O=C1NCCN1c1ccc(C(=O)N2CCC[C@H]2Cn2ccnn2)cc1. The summed E-state index contributed by atoms with van der Waals surface area (Å²) in [5, 5.41) is 10.6. The van der Waals surface area contributed by atoms with Crippen molar-refractivity contribution >= 4 is 17.6 Å². The molecule has 1 aromatic heterocycles. The molecule has 2 aliphatic rings. The minimum atomic E-state index is -0.0912. The molecule has 0 saturated carbocycles. The first kappa shape index (κ1) is 15.6. The fraction of sp³-hybridized carbons (Fsp3) is 0.412. The molecular weight excluding hydrogens is 320 g/mol. The van der Waals surface area contributed by atoms with E-state index in [1.807, 2.05) is 23.2 Å². The quantitative estimate of drug-likeness (QED) is 0.904. The van der Waals surface area contributed by atoms with Crippen molar-refractivity contribution < 1.29 is 9.59 Å². The second-order valence-electron chi connectivity index (χ2n) is 6.35. The maximum atomic E-state index is 12.9. The summed E-state index contributed by atoms with van der Waals surface area (Å²) in [5.74, 6) is 0.0278. The number of hydrogen-bond donors (Lipinski definition) is 1. The normalized spacial score (nSPS) is 20.2. The molecule has 0 bridgehead atoms. The van der Waals surface area contributed by atoms with Crippen LogP contribution in [0.3, 0.4) is 0 Å². The van der Waals surface area contributed by atoms with Crippen molar-refractivity contribution in [2.24, 2.45) is 0 Å². The van der Waals surface area contributed by atoms with E-state index >= 15 is 0 Å². The Kier molecular flexibility index (Phi) is 4.09. The zero-order valence-corrected chi connectivity index (χ0v) is 13.8. The fourth-order valence-corrected chi connectivity index (χ4v) is 3.51. The van der Waals surface area contributed by atoms with Crippen molar-refractivity contribution in [2.45, 2.75) is 25.4 Å². The lowest BCUT2D eigenvalue weighted by atomic mass is 10.1. The van der Waals surface area contributed by atoms with Crippen LogP contribution >= 0.6 is 0 Å². The summed E-state index contributed by atoms with van der Waals surface area (Å²) in [4.78, 5) is 28.2. The molecule has 0 spiro atoms. The Labute approximate surface area is 145 Å². The highest BCUT2D eigenvalue weighted by Gasteiger charge is 2.30. The number of urea groups is 1. The Hall–Kier alpha value is -2.90. The maximum absolute atomic E-state index is 12.9. The lowest BCUT2D eigenvalue weighted by molar-refractivity contribution is 0.0721. The van der Waals surface area contributed by atoms with Gasteiger partial charge in [-0.1, -0.05) is 5.21 Å². The van der Waals surface area contributed by atoms with E-state index in [1.54, 1.807) is 27.9 Å². The molecule has 0 unspecified atom stereocenters. The average molecular weight is 340 g/mol. The van der Waals surface area contributed by atoms with E-state index in [2.05, 4.69) is 15.6 Å². The van der Waals surface area contributed by atoms with Gasteiger partial charge in [0, 0.05) is 37.1 Å². The molecule has 0 aliphatic carbocycles. The Bertz CT molecular complexity index is 758. The number of benzene rings is 1. The average Bonchev–Trinajstić information content (AvgIpc) is 3.37. The van der Waals surface area contributed by atoms with Crippen LogP contribution in [0.1, 0.15) is 23.2 Å². The van der Waals surface area contributed by atoms with E-state index in [9.17, 15) is 9.59 Å². The molecule has 1 atom stereocenters. The van der Waals surface area contributed by atoms with Gasteiger partial charge in [-0.2, -0.15) is 0 Å². The predicted molar refractivity (Wildman–Crippen MR) is 91.3 cm³/mol. The third-order valence-corrected chi connectivity index (χ3v) is 4.79. The molecule has 4 rings (SSSR count). The summed E-state index contributed by atoms with van der Waals surface area (Å²) in [6.45, 7) is 2.72. The molecule has 2 aromatic rings. The van der Waals surface area contributed by atoms with Gasteiger partial charge in [0.15, 0.2) is 0 Å². The summed E-state index contributed by atoms with van der Waals surface area (Å²) >= 11 is 0. The van der Waals surface area contributed by atoms with Crippen LogP contribution < -0.4 is 10.2 Å². The first-order valence-electron chi connectivity index (χ1n) is 8.53. The van der Waals surface area contributed by atoms with Crippen LogP contribution in [0, 0.1) is 0 Å². The van der Waals surface area contributed by atoms with Crippen LogP contribution in [0.2, 0.25) is 0 Å². The zero-order chi connectivity index (χ0) is 17.2. The number of rotatable bonds is 4. The summed E-state index contributed by atoms with van der Waals surface area (Å²) < 4.78 is 1.77. The van der Waals surface area contributed by atoms with Crippen molar-refractivity contribution in [2.75, 3.05) is 24.5 Å². The van der Waals surface area contributed by atoms with Gasteiger partial charge in [-0.15, -0.1) is 5.10 Å². The molecule has 1 aromatic carbocycles. The van der Waals surface area contributed by atoms with E-state index in [0.29, 0.717) is 25.2 Å². The smallest absolute Gasteiger partial charge is 0.321 e. The highest BCUT2D eigenvalue weighted by Crippen LogP contribution is 2.23. The fourth-order valence-electron chi connectivity index (χ4n) is 3.51. The van der Waals surface area contributed by atoms with Crippen molar-refractivity contribution in [3.8, 4) is 0 Å². The number of carbonyl (C=O) groups is 2. The van der Waals surface area contributed by atoms with Gasteiger partial charge in [0.2, 0.25) is 0 Å². The van der Waals surface area contributed by atoms with E-state index in [-0.39, 0.29) is 18.0 Å². The predicted octanol–water partition coefficient (Wildman–Crippen LogP) is 1.11. The first-order chi connectivity index (χ1) is 12.2. The van der Waals surface area contributed by atoms with Gasteiger partial charge >= 0.3 is 6.03 Å². The summed E-state index contributed by atoms with van der Waals surface area (Å²) in [6.07, 6.45) is 5.43. The molecule has 8 heteroatoms. The van der Waals surface area contributed by atoms with Crippen LogP contribution in [-0.4, -0.2) is 57.5 Å². The molecule has 2 aliphatic heterocycles. The number of amides is 3. The van der Waals surface area contributed by atoms with Gasteiger partial charge in [-0.25, -0.2) is 4.79 Å². The van der Waals surface area contributed by atoms with Gasteiger partial charge < -0.3 is 10.2 Å². The molecule has 3 heterocycles. The van der Waals surface area contributed by atoms with Crippen LogP contribution in [0.25, 0.3) is 0 Å². The Morgan fingerprint density at radius 2 is 2.08 bits per heavy atom. The van der Waals surface area contributed by atoms with Crippen LogP contribution in [0.15, 0.2) is 36.7 Å². The van der Waals surface area contributed by atoms with Gasteiger partial charge in [0.1, 0.15) is 0 Å². The minimum Gasteiger partial charge on any atom is -0.336 e. The topological polar surface area (TPSA) is 83.4 Å². The standard InChI is InChI=1S/C17H20N6O2/c24-16(22-9-1-2-15(22)12-21-10-8-19-20-21)13-3-5-14(6-4-13)23-11-7-18-17(23)25/h3-6,8,10,15H,1-2,7,9,11-12H2,(H,18,25)/t15-/m0/s1. The lowest BCUT2D eigenvalue weighted by Gasteiger charge is -2.25. The van der Waals surface area contributed by atoms with Crippen LogP contribution in [-0.2, 0) is 6.54 Å². The Morgan fingerprint density at radius 3 is 2.76 bits per heavy atom. The number of hydrogen-bond acceptors (Lipinski definition) is 4. The molecule has 0 radical (unpaired) electrons. The number of aromatic nitrogens is 3. The van der Waals surface area contributed by atoms with Gasteiger partial charge in [-0.05, 0) is 37.1 Å². The van der Waals surface area contributed by atoms with Crippen molar-refractivity contribution in [1.82, 2.24) is 25.2 Å². The number of anilines is 1. The Morgan fingerprint density at radius 1 is 1.24 bits per heavy atom. The minimum absolute atomic E-state index is 0.0278. The molecule has 2 fully saturated rings. The summed E-state index contributed by atoms with van der Waals surface area (Å²) in [6, 6.07) is 7.31. The Balaban J connectivity index is 1.47. The van der Waals surface area contributed by atoms with Crippen LogP contribution in [0.5, 0.6) is 0 Å². The molecule has 2 saturated heterocycles. The summed E-state index contributed by atoms with van der Waals surface area (Å²) in [7, 11) is 0. The third kappa shape index (κ3) is 3.07. The van der Waals surface area contributed by atoms with E-state index in [4.69, 9.17) is 0 Å². The van der Waals surface area contributed by atoms with Gasteiger partial charge in [0.25, 0.3) is 5.91 Å². The first-order valence-corrected chi connectivity index (χ1v) is 8.53. The zero-order valence-electron chi connectivity index (χ0n) is 13.8. The second-order valence-corrected chi connectivity index (χ2v) is 6.35. The van der Waals surface area contributed by atoms with Crippen molar-refractivity contribution in [3.05, 3.63) is 42.2 Å². The molecule has 3 amide bonds. The third-order valence-electron chi connectivity index (χ3n) is 4.79. The molecule has 25 heavy (non-hydrogen) atoms. The molecular formula is C17H20N6O2. The van der Waals surface area contributed by atoms with Crippen molar-refractivity contribution in [1.29, 1.82) is 0 Å². The highest BCUT2D eigenvalue weighted by atomic mass is 16.2. The van der Waals surface area contributed by atoms with E-state index in [0.717, 1.165) is 25.1 Å². The number of carbonyl (C=O) groups excluding carboxylic acids is 2. The highest BCUT2D eigenvalue weighted by molar-refractivity contribution is 5.97. The monoisotopic (exact) mass is 340 g/mol. The van der Waals surface area contributed by atoms with Gasteiger partial charge in [-0.3, -0.25) is 14.4 Å². The maximum Gasteiger partial charge on any atom is 0.321 e. The number of nitrogens with zero attached hydrogens (tertiary/aromatic N) is 5. The lowest BCUT2D eigenvalue weighted by Crippen LogP contribution is -2.38. The second kappa shape index (κ2) is 6.54. The largest absolute Gasteiger partial charge is 0.336 e. The van der Waals surface area contributed by atoms with Crippen molar-refractivity contribution in [3.63, 3.8) is 0 Å². The number of nitrogens with one attached hydrogen (secondary N) is 1. The molecule has 1 N–H and O–H groups in total. The van der Waals surface area contributed by atoms with E-state index in [1.165, 1.54) is 0 Å². The molecule has 8 nitrogen and oxygen atoms in total. The molecule has 130 valence electrons. The number of likely N-dealkylation sites (tertiary alicyclic amines) is 1. The van der Waals surface area contributed by atoms with Gasteiger partial charge in [0.05, 0.1) is 18.8 Å². The van der Waals surface area contributed by atoms with Crippen LogP contribution in [0.4, 0.5) is 10.5 Å². The summed E-state index contributed by atoms with van der Waals surface area (Å²) in [5.41, 5.74) is 1.46.